The minimum absolute atomic E-state index is 0.0660. The van der Waals surface area contributed by atoms with Crippen molar-refractivity contribution < 1.29 is 23.1 Å². The lowest BCUT2D eigenvalue weighted by Gasteiger charge is -2.06. The molecule has 5 heteroatoms. The third-order valence-electron chi connectivity index (χ3n) is 1.81. The van der Waals surface area contributed by atoms with Gasteiger partial charge in [-0.1, -0.05) is 12.1 Å². The molecule has 0 heterocycles. The highest BCUT2D eigenvalue weighted by molar-refractivity contribution is 6.06. The Kier molecular flexibility index (Phi) is 3.14. The SMILES string of the molecule is O=CC(=CO)c1ccc(C(F)(F)F)cc1. The van der Waals surface area contributed by atoms with Crippen molar-refractivity contribution in [3.05, 3.63) is 41.7 Å². The average Bonchev–Trinajstić information content (AvgIpc) is 2.19. The highest BCUT2D eigenvalue weighted by Crippen LogP contribution is 2.29. The Morgan fingerprint density at radius 3 is 2.07 bits per heavy atom. The van der Waals surface area contributed by atoms with E-state index in [1.807, 2.05) is 0 Å². The molecule has 0 spiro atoms. The highest BCUT2D eigenvalue weighted by Gasteiger charge is 2.29. The van der Waals surface area contributed by atoms with Gasteiger partial charge in [-0.2, -0.15) is 13.2 Å². The molecule has 0 saturated heterocycles. The monoisotopic (exact) mass is 216 g/mol. The van der Waals surface area contributed by atoms with Crippen molar-refractivity contribution in [3.8, 4) is 0 Å². The molecule has 15 heavy (non-hydrogen) atoms. The smallest absolute Gasteiger partial charge is 0.416 e. The number of hydrogen-bond acceptors (Lipinski definition) is 2. The number of aliphatic hydroxyl groups excluding tert-OH is 1. The minimum Gasteiger partial charge on any atom is -0.515 e. The normalized spacial score (nSPS) is 12.6. The van der Waals surface area contributed by atoms with Crippen LogP contribution in [-0.2, 0) is 11.0 Å². The van der Waals surface area contributed by atoms with E-state index in [2.05, 4.69) is 0 Å². The lowest BCUT2D eigenvalue weighted by molar-refractivity contribution is -0.137. The van der Waals surface area contributed by atoms with Crippen LogP contribution in [0.2, 0.25) is 0 Å². The molecule has 0 aliphatic rings. The second-order valence-electron chi connectivity index (χ2n) is 2.78. The van der Waals surface area contributed by atoms with E-state index in [9.17, 15) is 18.0 Å². The van der Waals surface area contributed by atoms with Gasteiger partial charge >= 0.3 is 6.18 Å². The molecular weight excluding hydrogens is 209 g/mol. The molecule has 2 nitrogen and oxygen atoms in total. The summed E-state index contributed by atoms with van der Waals surface area (Å²) in [5.74, 6) is 0. The van der Waals surface area contributed by atoms with Gasteiger partial charge in [0.25, 0.3) is 0 Å². The molecule has 0 unspecified atom stereocenters. The van der Waals surface area contributed by atoms with Gasteiger partial charge in [0, 0.05) is 0 Å². The Balaban J connectivity index is 3.05. The van der Waals surface area contributed by atoms with E-state index < -0.39 is 11.7 Å². The number of allylic oxidation sites excluding steroid dienone is 1. The number of aliphatic hydroxyl groups is 1. The Morgan fingerprint density at radius 1 is 1.20 bits per heavy atom. The molecule has 0 aliphatic heterocycles. The summed E-state index contributed by atoms with van der Waals surface area (Å²) in [4.78, 5) is 10.4. The molecule has 1 aromatic carbocycles. The fraction of sp³-hybridized carbons (Fsp3) is 0.100. The van der Waals surface area contributed by atoms with E-state index in [1.165, 1.54) is 0 Å². The first-order valence-electron chi connectivity index (χ1n) is 3.96. The molecule has 1 rings (SSSR count). The molecule has 0 atom stereocenters. The second kappa shape index (κ2) is 4.16. The van der Waals surface area contributed by atoms with Crippen molar-refractivity contribution in [2.75, 3.05) is 0 Å². The van der Waals surface area contributed by atoms with Gasteiger partial charge in [-0.25, -0.2) is 0 Å². The van der Waals surface area contributed by atoms with Crippen LogP contribution in [0.1, 0.15) is 11.1 Å². The van der Waals surface area contributed by atoms with Gasteiger partial charge in [0.05, 0.1) is 17.4 Å². The van der Waals surface area contributed by atoms with E-state index in [0.29, 0.717) is 12.5 Å². The fourth-order valence-electron chi connectivity index (χ4n) is 1.02. The molecule has 0 amide bonds. The predicted molar refractivity (Wildman–Crippen MR) is 48.1 cm³/mol. The maximum Gasteiger partial charge on any atom is 0.416 e. The number of alkyl halides is 3. The van der Waals surface area contributed by atoms with Gasteiger partial charge in [-0.05, 0) is 17.7 Å². The maximum atomic E-state index is 12.2. The van der Waals surface area contributed by atoms with Gasteiger partial charge in [0.2, 0.25) is 0 Å². The van der Waals surface area contributed by atoms with Crippen molar-refractivity contribution in [1.29, 1.82) is 0 Å². The Morgan fingerprint density at radius 2 is 1.73 bits per heavy atom. The van der Waals surface area contributed by atoms with Crippen molar-refractivity contribution in [3.63, 3.8) is 0 Å². The molecule has 1 aromatic rings. The first kappa shape index (κ1) is 11.3. The van der Waals surface area contributed by atoms with Crippen LogP contribution in [0, 0.1) is 0 Å². The summed E-state index contributed by atoms with van der Waals surface area (Å²) in [7, 11) is 0. The van der Waals surface area contributed by atoms with Gasteiger partial charge < -0.3 is 5.11 Å². The molecule has 0 aromatic heterocycles. The third-order valence-corrected chi connectivity index (χ3v) is 1.81. The van der Waals surface area contributed by atoms with Crippen LogP contribution < -0.4 is 0 Å². The lowest BCUT2D eigenvalue weighted by atomic mass is 10.1. The van der Waals surface area contributed by atoms with Gasteiger partial charge in [-0.15, -0.1) is 0 Å². The number of benzene rings is 1. The molecule has 1 N–H and O–H groups in total. The van der Waals surface area contributed by atoms with Crippen LogP contribution in [0.5, 0.6) is 0 Å². The summed E-state index contributed by atoms with van der Waals surface area (Å²) in [6, 6.07) is 3.95. The summed E-state index contributed by atoms with van der Waals surface area (Å²) in [6.07, 6.45) is -3.49. The zero-order valence-electron chi connectivity index (χ0n) is 7.45. The Bertz CT molecular complexity index is 377. The first-order chi connectivity index (χ1) is 6.99. The summed E-state index contributed by atoms with van der Waals surface area (Å²) in [6.45, 7) is 0. The number of rotatable bonds is 2. The molecule has 0 fully saturated rings. The second-order valence-corrected chi connectivity index (χ2v) is 2.78. The zero-order chi connectivity index (χ0) is 11.5. The van der Waals surface area contributed by atoms with E-state index in [0.717, 1.165) is 24.3 Å². The number of carbonyl (C=O) groups excluding carboxylic acids is 1. The predicted octanol–water partition coefficient (Wildman–Crippen LogP) is 2.80. The standard InChI is InChI=1S/C10H7F3O2/c11-10(12,13)9-3-1-7(2-4-9)8(5-14)6-15/h1-6,14H. The van der Waals surface area contributed by atoms with Crippen LogP contribution in [-0.4, -0.2) is 11.4 Å². The van der Waals surface area contributed by atoms with Gasteiger partial charge in [-0.3, -0.25) is 4.79 Å². The maximum absolute atomic E-state index is 12.2. The largest absolute Gasteiger partial charge is 0.515 e. The summed E-state index contributed by atoms with van der Waals surface area (Å²) < 4.78 is 36.5. The van der Waals surface area contributed by atoms with E-state index in [4.69, 9.17) is 5.11 Å². The summed E-state index contributed by atoms with van der Waals surface area (Å²) >= 11 is 0. The van der Waals surface area contributed by atoms with Crippen LogP contribution in [0.15, 0.2) is 30.5 Å². The van der Waals surface area contributed by atoms with E-state index in [1.54, 1.807) is 0 Å². The van der Waals surface area contributed by atoms with Crippen molar-refractivity contribution in [1.82, 2.24) is 0 Å². The van der Waals surface area contributed by atoms with E-state index >= 15 is 0 Å². The molecular formula is C10H7F3O2. The van der Waals surface area contributed by atoms with Crippen molar-refractivity contribution >= 4 is 11.9 Å². The van der Waals surface area contributed by atoms with Crippen molar-refractivity contribution in [2.24, 2.45) is 0 Å². The van der Waals surface area contributed by atoms with Crippen LogP contribution in [0.3, 0.4) is 0 Å². The van der Waals surface area contributed by atoms with Crippen LogP contribution in [0.4, 0.5) is 13.2 Å². The van der Waals surface area contributed by atoms with E-state index in [-0.39, 0.29) is 11.1 Å². The molecule has 0 bridgehead atoms. The number of aldehydes is 1. The summed E-state index contributed by atoms with van der Waals surface area (Å²) in [5, 5.41) is 8.59. The number of carbonyl (C=O) groups is 1. The average molecular weight is 216 g/mol. The van der Waals surface area contributed by atoms with Crippen LogP contribution >= 0.6 is 0 Å². The molecule has 0 saturated carbocycles. The van der Waals surface area contributed by atoms with Crippen LogP contribution in [0.25, 0.3) is 5.57 Å². The van der Waals surface area contributed by atoms with Gasteiger partial charge in [0.1, 0.15) is 0 Å². The quantitative estimate of drug-likeness (QED) is 0.469. The topological polar surface area (TPSA) is 37.3 Å². The molecule has 0 radical (unpaired) electrons. The molecule has 80 valence electrons. The lowest BCUT2D eigenvalue weighted by Crippen LogP contribution is -2.04. The van der Waals surface area contributed by atoms with Crippen molar-refractivity contribution in [2.45, 2.75) is 6.18 Å². The highest BCUT2D eigenvalue weighted by atomic mass is 19.4. The summed E-state index contributed by atoms with van der Waals surface area (Å²) in [5.41, 5.74) is -0.626. The molecule has 0 aliphatic carbocycles. The zero-order valence-corrected chi connectivity index (χ0v) is 7.45. The van der Waals surface area contributed by atoms with Gasteiger partial charge in [0.15, 0.2) is 6.29 Å². The minimum atomic E-state index is -4.40. The number of halogens is 3. The Labute approximate surface area is 83.7 Å². The number of hydrogen-bond donors (Lipinski definition) is 1. The third kappa shape index (κ3) is 2.59. The first-order valence-corrected chi connectivity index (χ1v) is 3.96. The fourth-order valence-corrected chi connectivity index (χ4v) is 1.02. The Hall–Kier alpha value is -1.78.